The summed E-state index contributed by atoms with van der Waals surface area (Å²) in [5.41, 5.74) is 3.38. The van der Waals surface area contributed by atoms with Crippen LogP contribution in [-0.2, 0) is 11.3 Å². The van der Waals surface area contributed by atoms with Gasteiger partial charge in [-0.25, -0.2) is 4.79 Å². The van der Waals surface area contributed by atoms with Gasteiger partial charge in [-0.1, -0.05) is 30.3 Å². The molecule has 3 amide bonds. The van der Waals surface area contributed by atoms with Crippen molar-refractivity contribution in [3.63, 3.8) is 0 Å². The monoisotopic (exact) mass is 475 g/mol. The lowest BCUT2D eigenvalue weighted by Gasteiger charge is -2.41. The number of likely N-dealkylation sites (N-methyl/N-ethyl adjacent to an activating group) is 1. The van der Waals surface area contributed by atoms with Crippen LogP contribution in [0.4, 0.5) is 4.79 Å². The summed E-state index contributed by atoms with van der Waals surface area (Å²) in [7, 11) is 3.46. The summed E-state index contributed by atoms with van der Waals surface area (Å²) >= 11 is 0. The molecule has 7 heteroatoms. The molecule has 2 aliphatic rings. The number of benzene rings is 2. The zero-order valence-corrected chi connectivity index (χ0v) is 21.1. The summed E-state index contributed by atoms with van der Waals surface area (Å²) in [6.07, 6.45) is 1.25. The highest BCUT2D eigenvalue weighted by Crippen LogP contribution is 2.40. The number of methoxy groups -OCH3 is 1. The molecule has 2 fully saturated rings. The summed E-state index contributed by atoms with van der Waals surface area (Å²) in [6.45, 7) is 7.91. The first-order chi connectivity index (χ1) is 16.8. The second-order valence-corrected chi connectivity index (χ2v) is 9.98. The van der Waals surface area contributed by atoms with Crippen LogP contribution in [0.3, 0.4) is 0 Å². The predicted octanol–water partition coefficient (Wildman–Crippen LogP) is 5.05. The minimum absolute atomic E-state index is 0.0573. The Morgan fingerprint density at radius 2 is 1.77 bits per heavy atom. The summed E-state index contributed by atoms with van der Waals surface area (Å²) in [6, 6.07) is 14.1. The van der Waals surface area contributed by atoms with Crippen molar-refractivity contribution in [2.24, 2.45) is 0 Å². The van der Waals surface area contributed by atoms with Gasteiger partial charge >= 0.3 is 6.03 Å². The topological polar surface area (TPSA) is 66.2 Å². The van der Waals surface area contributed by atoms with E-state index in [1.165, 1.54) is 4.90 Å². The van der Waals surface area contributed by atoms with E-state index in [0.717, 1.165) is 52.3 Å². The third-order valence-corrected chi connectivity index (χ3v) is 7.68. The van der Waals surface area contributed by atoms with E-state index in [-0.39, 0.29) is 18.0 Å². The Labute approximate surface area is 206 Å². The number of urea groups is 1. The Kier molecular flexibility index (Phi) is 5.83. The molecule has 0 atom stereocenters. The highest BCUT2D eigenvalue weighted by atomic mass is 16.5. The molecule has 3 aromatic rings. The van der Waals surface area contributed by atoms with Crippen LogP contribution in [0.15, 0.2) is 46.9 Å². The van der Waals surface area contributed by atoms with Gasteiger partial charge in [0.05, 0.1) is 7.11 Å². The number of carbonyl (C=O) groups is 2. The molecule has 5 rings (SSSR count). The molecule has 0 aliphatic carbocycles. The molecule has 0 bridgehead atoms. The van der Waals surface area contributed by atoms with Gasteiger partial charge in [0.1, 0.15) is 22.6 Å². The molecule has 7 nitrogen and oxygen atoms in total. The van der Waals surface area contributed by atoms with E-state index in [4.69, 9.17) is 9.15 Å². The number of fused-ring (bicyclic) bond motifs is 1. The van der Waals surface area contributed by atoms with Crippen LogP contribution < -0.4 is 4.74 Å². The molecule has 35 heavy (non-hydrogen) atoms. The van der Waals surface area contributed by atoms with Crippen molar-refractivity contribution in [2.75, 3.05) is 27.2 Å². The Morgan fingerprint density at radius 3 is 2.37 bits per heavy atom. The zero-order chi connectivity index (χ0) is 24.9. The number of imide groups is 1. The van der Waals surface area contributed by atoms with Crippen molar-refractivity contribution in [1.29, 1.82) is 0 Å². The van der Waals surface area contributed by atoms with Crippen LogP contribution >= 0.6 is 0 Å². The average Bonchev–Trinajstić information content (AvgIpc) is 3.26. The smallest absolute Gasteiger partial charge is 0.327 e. The van der Waals surface area contributed by atoms with Gasteiger partial charge in [0.2, 0.25) is 0 Å². The second kappa shape index (κ2) is 8.72. The van der Waals surface area contributed by atoms with Crippen molar-refractivity contribution in [3.05, 3.63) is 53.8 Å². The number of hydrogen-bond donors (Lipinski definition) is 0. The molecule has 2 aliphatic heterocycles. The zero-order valence-electron chi connectivity index (χ0n) is 21.1. The van der Waals surface area contributed by atoms with E-state index in [1.807, 2.05) is 39.0 Å². The third-order valence-electron chi connectivity index (χ3n) is 7.68. The molecule has 2 saturated heterocycles. The average molecular weight is 476 g/mol. The van der Waals surface area contributed by atoms with Crippen LogP contribution in [0.5, 0.6) is 5.75 Å². The number of aryl methyl sites for hydroxylation is 1. The Bertz CT molecular complexity index is 1270. The summed E-state index contributed by atoms with van der Waals surface area (Å²) in [5, 5.41) is 1.04. The molecule has 0 N–H and O–H groups in total. The van der Waals surface area contributed by atoms with Crippen molar-refractivity contribution in [3.8, 4) is 16.9 Å². The van der Waals surface area contributed by atoms with Gasteiger partial charge in [-0.2, -0.15) is 0 Å². The molecule has 3 heterocycles. The Morgan fingerprint density at radius 1 is 1.09 bits per heavy atom. The number of likely N-dealkylation sites (tertiary alicyclic amines) is 1. The van der Waals surface area contributed by atoms with Gasteiger partial charge in [0.15, 0.2) is 0 Å². The van der Waals surface area contributed by atoms with Crippen molar-refractivity contribution >= 4 is 22.9 Å². The number of hydrogen-bond acceptors (Lipinski definition) is 5. The number of furan rings is 1. The molecule has 1 spiro atoms. The molecule has 184 valence electrons. The number of amides is 3. The normalized spacial score (nSPS) is 18.5. The number of ether oxygens (including phenoxy) is 1. The number of carbonyl (C=O) groups excluding carboxylic acids is 2. The predicted molar refractivity (Wildman–Crippen MR) is 135 cm³/mol. The highest BCUT2D eigenvalue weighted by Gasteiger charge is 2.57. The lowest BCUT2D eigenvalue weighted by molar-refractivity contribution is -0.136. The van der Waals surface area contributed by atoms with Gasteiger partial charge in [-0.05, 0) is 51.3 Å². The number of nitrogens with zero attached hydrogens (tertiary/aromatic N) is 3. The molecular formula is C28H33N3O4. The van der Waals surface area contributed by atoms with E-state index in [9.17, 15) is 9.59 Å². The van der Waals surface area contributed by atoms with Crippen LogP contribution in [-0.4, -0.2) is 65.5 Å². The fourth-order valence-corrected chi connectivity index (χ4v) is 5.69. The van der Waals surface area contributed by atoms with Gasteiger partial charge in [-0.15, -0.1) is 0 Å². The SMILES string of the molecule is COc1cc2c(-c3ccccc3)c(C)oc2cc1CN1CCC2(CC1)C(=O)N(C(C)C)C(=O)N2C. The van der Waals surface area contributed by atoms with Gasteiger partial charge in [-0.3, -0.25) is 14.6 Å². The van der Waals surface area contributed by atoms with E-state index in [1.54, 1.807) is 19.1 Å². The maximum Gasteiger partial charge on any atom is 0.327 e. The number of rotatable bonds is 5. The van der Waals surface area contributed by atoms with E-state index < -0.39 is 5.54 Å². The summed E-state index contributed by atoms with van der Waals surface area (Å²) in [4.78, 5) is 31.4. The van der Waals surface area contributed by atoms with E-state index in [2.05, 4.69) is 29.2 Å². The second-order valence-electron chi connectivity index (χ2n) is 9.98. The standard InChI is InChI=1S/C28H33N3O4/c1-18(2)31-26(32)28(29(4)27(31)33)11-13-30(14-12-28)17-21-15-24-22(16-23(21)34-5)25(19(3)35-24)20-9-7-6-8-10-20/h6-10,15-16,18H,11-14,17H2,1-5H3. The van der Waals surface area contributed by atoms with E-state index >= 15 is 0 Å². The fraction of sp³-hybridized carbons (Fsp3) is 0.429. The van der Waals surface area contributed by atoms with Crippen LogP contribution in [0.2, 0.25) is 0 Å². The van der Waals surface area contributed by atoms with Crippen LogP contribution in [0.25, 0.3) is 22.1 Å². The number of piperidine rings is 1. The molecular weight excluding hydrogens is 442 g/mol. The summed E-state index contributed by atoms with van der Waals surface area (Å²) in [5.74, 6) is 1.65. The first-order valence-corrected chi connectivity index (χ1v) is 12.3. The Hall–Kier alpha value is -3.32. The minimum atomic E-state index is -0.728. The van der Waals surface area contributed by atoms with Gasteiger partial charge in [0.25, 0.3) is 5.91 Å². The van der Waals surface area contributed by atoms with Crippen LogP contribution in [0, 0.1) is 6.92 Å². The highest BCUT2D eigenvalue weighted by molar-refractivity contribution is 6.07. The van der Waals surface area contributed by atoms with Crippen molar-refractivity contribution in [2.45, 2.75) is 51.7 Å². The van der Waals surface area contributed by atoms with Crippen LogP contribution in [0.1, 0.15) is 38.0 Å². The molecule has 0 unspecified atom stereocenters. The fourth-order valence-electron chi connectivity index (χ4n) is 5.69. The van der Waals surface area contributed by atoms with Crippen molar-refractivity contribution < 1.29 is 18.7 Å². The van der Waals surface area contributed by atoms with Gasteiger partial charge < -0.3 is 14.1 Å². The first kappa shape index (κ1) is 23.4. The maximum atomic E-state index is 13.2. The quantitative estimate of drug-likeness (QED) is 0.483. The summed E-state index contributed by atoms with van der Waals surface area (Å²) < 4.78 is 12.0. The van der Waals surface area contributed by atoms with Crippen molar-refractivity contribution in [1.82, 2.24) is 14.7 Å². The van der Waals surface area contributed by atoms with E-state index in [0.29, 0.717) is 19.4 Å². The maximum absolute atomic E-state index is 13.2. The largest absolute Gasteiger partial charge is 0.496 e. The molecule has 0 saturated carbocycles. The first-order valence-electron chi connectivity index (χ1n) is 12.3. The molecule has 2 aromatic carbocycles. The molecule has 1 aromatic heterocycles. The van der Waals surface area contributed by atoms with Gasteiger partial charge in [0, 0.05) is 49.2 Å². The lowest BCUT2D eigenvalue weighted by Crippen LogP contribution is -2.55. The third kappa shape index (κ3) is 3.69. The molecule has 0 radical (unpaired) electrons. The Balaban J connectivity index is 1.38. The lowest BCUT2D eigenvalue weighted by atomic mass is 9.86. The minimum Gasteiger partial charge on any atom is -0.496 e.